The predicted octanol–water partition coefficient (Wildman–Crippen LogP) is 4.36. The number of aromatic nitrogens is 2. The first-order chi connectivity index (χ1) is 17.2. The third kappa shape index (κ3) is 7.35. The number of ether oxygens (including phenoxy) is 3. The molecule has 0 aliphatic heterocycles. The Morgan fingerprint density at radius 3 is 2.30 bits per heavy atom. The van der Waals surface area contributed by atoms with Gasteiger partial charge in [0.2, 0.25) is 0 Å². The lowest BCUT2D eigenvalue weighted by Gasteiger charge is -2.30. The molecule has 0 spiro atoms. The normalized spacial score (nSPS) is 15.3. The first-order valence-corrected chi connectivity index (χ1v) is 12.4. The maximum absolute atomic E-state index is 12.9. The number of fused-ring (bicyclic) bond motifs is 1. The van der Waals surface area contributed by atoms with Gasteiger partial charge in [0.15, 0.2) is 5.69 Å². The standard InChI is InChI=1S/C28H37N3O6/c1-17-19-11-12-23(21(19)10-9-20(17)25(33)37-28(5,6)7)31(15-24(32)36-27(2,3)4)14-18-13-22(26(34)35-8)30-16-29-18/h9-10,13,16,23H,11-12,14-15H2,1-8H3/t23-/m1/s1. The van der Waals surface area contributed by atoms with Gasteiger partial charge in [-0.2, -0.15) is 0 Å². The molecular formula is C28H37N3O6. The van der Waals surface area contributed by atoms with Crippen molar-refractivity contribution in [3.63, 3.8) is 0 Å². The zero-order chi connectivity index (χ0) is 27.5. The number of benzene rings is 1. The van der Waals surface area contributed by atoms with Crippen LogP contribution in [-0.2, 0) is 32.0 Å². The number of carbonyl (C=O) groups excluding carboxylic acids is 3. The van der Waals surface area contributed by atoms with Crippen LogP contribution in [0.5, 0.6) is 0 Å². The van der Waals surface area contributed by atoms with Crippen LogP contribution in [0.2, 0.25) is 0 Å². The average Bonchev–Trinajstić information content (AvgIpc) is 3.21. The summed E-state index contributed by atoms with van der Waals surface area (Å²) in [4.78, 5) is 47.9. The van der Waals surface area contributed by atoms with Crippen LogP contribution < -0.4 is 0 Å². The summed E-state index contributed by atoms with van der Waals surface area (Å²) in [6.07, 6.45) is 2.82. The van der Waals surface area contributed by atoms with Crippen LogP contribution in [0, 0.1) is 6.92 Å². The molecule has 9 heteroatoms. The van der Waals surface area contributed by atoms with E-state index in [2.05, 4.69) is 9.97 Å². The molecule has 0 unspecified atom stereocenters. The topological polar surface area (TPSA) is 108 Å². The van der Waals surface area contributed by atoms with Crippen molar-refractivity contribution in [2.24, 2.45) is 0 Å². The van der Waals surface area contributed by atoms with E-state index in [1.165, 1.54) is 13.4 Å². The van der Waals surface area contributed by atoms with Gasteiger partial charge in [-0.3, -0.25) is 9.69 Å². The molecule has 3 rings (SSSR count). The SMILES string of the molecule is COC(=O)c1cc(CN(CC(=O)OC(C)(C)C)[C@@H]2CCc3c2ccc(C(=O)OC(C)(C)C)c3C)ncn1. The smallest absolute Gasteiger partial charge is 0.356 e. The van der Waals surface area contributed by atoms with E-state index in [0.29, 0.717) is 17.8 Å². The minimum absolute atomic E-state index is 0.0335. The maximum Gasteiger partial charge on any atom is 0.356 e. The highest BCUT2D eigenvalue weighted by molar-refractivity contribution is 5.92. The van der Waals surface area contributed by atoms with Crippen molar-refractivity contribution in [1.82, 2.24) is 14.9 Å². The van der Waals surface area contributed by atoms with Gasteiger partial charge in [-0.15, -0.1) is 0 Å². The van der Waals surface area contributed by atoms with E-state index in [4.69, 9.17) is 14.2 Å². The van der Waals surface area contributed by atoms with Crippen LogP contribution in [0.1, 0.15) is 97.2 Å². The highest BCUT2D eigenvalue weighted by Crippen LogP contribution is 2.39. The fourth-order valence-corrected chi connectivity index (χ4v) is 4.52. The molecule has 1 aliphatic rings. The number of nitrogens with zero attached hydrogens (tertiary/aromatic N) is 3. The minimum atomic E-state index is -0.623. The number of carbonyl (C=O) groups is 3. The molecule has 2 aromatic rings. The summed E-state index contributed by atoms with van der Waals surface area (Å²) < 4.78 is 16.0. The molecule has 1 atom stereocenters. The van der Waals surface area contributed by atoms with Gasteiger partial charge in [0.1, 0.15) is 17.5 Å². The van der Waals surface area contributed by atoms with Crippen molar-refractivity contribution < 1.29 is 28.6 Å². The Morgan fingerprint density at radius 2 is 1.68 bits per heavy atom. The van der Waals surface area contributed by atoms with Crippen molar-refractivity contribution in [1.29, 1.82) is 0 Å². The van der Waals surface area contributed by atoms with Crippen LogP contribution in [-0.4, -0.2) is 57.6 Å². The molecule has 1 aliphatic carbocycles. The van der Waals surface area contributed by atoms with Gasteiger partial charge in [-0.25, -0.2) is 19.6 Å². The van der Waals surface area contributed by atoms with Crippen molar-refractivity contribution in [3.8, 4) is 0 Å². The highest BCUT2D eigenvalue weighted by atomic mass is 16.6. The molecule has 9 nitrogen and oxygen atoms in total. The lowest BCUT2D eigenvalue weighted by atomic mass is 9.97. The lowest BCUT2D eigenvalue weighted by Crippen LogP contribution is -2.36. The van der Waals surface area contributed by atoms with Crippen LogP contribution in [0.4, 0.5) is 0 Å². The molecule has 1 aromatic heterocycles. The van der Waals surface area contributed by atoms with E-state index in [1.807, 2.05) is 59.4 Å². The first kappa shape index (κ1) is 28.2. The average molecular weight is 512 g/mol. The highest BCUT2D eigenvalue weighted by Gasteiger charge is 2.33. The molecule has 1 aromatic carbocycles. The van der Waals surface area contributed by atoms with E-state index in [1.54, 1.807) is 12.1 Å². The first-order valence-electron chi connectivity index (χ1n) is 12.4. The summed E-state index contributed by atoms with van der Waals surface area (Å²) in [7, 11) is 1.29. The Labute approximate surface area is 218 Å². The lowest BCUT2D eigenvalue weighted by molar-refractivity contribution is -0.157. The van der Waals surface area contributed by atoms with E-state index in [-0.39, 0.29) is 30.2 Å². The molecule has 0 radical (unpaired) electrons. The molecule has 0 bridgehead atoms. The van der Waals surface area contributed by atoms with E-state index in [0.717, 1.165) is 29.5 Å². The second-order valence-corrected chi connectivity index (χ2v) is 11.2. The van der Waals surface area contributed by atoms with Crippen molar-refractivity contribution >= 4 is 17.9 Å². The largest absolute Gasteiger partial charge is 0.464 e. The van der Waals surface area contributed by atoms with Crippen molar-refractivity contribution in [3.05, 3.63) is 58.2 Å². The minimum Gasteiger partial charge on any atom is -0.464 e. The van der Waals surface area contributed by atoms with Gasteiger partial charge in [0.05, 0.1) is 24.9 Å². The Bertz CT molecular complexity index is 1180. The molecule has 0 saturated heterocycles. The van der Waals surface area contributed by atoms with Crippen LogP contribution in [0.25, 0.3) is 0 Å². The summed E-state index contributed by atoms with van der Waals surface area (Å²) in [6.45, 7) is 13.3. The van der Waals surface area contributed by atoms with E-state index in [9.17, 15) is 14.4 Å². The van der Waals surface area contributed by atoms with Crippen molar-refractivity contribution in [2.75, 3.05) is 13.7 Å². The summed E-state index contributed by atoms with van der Waals surface area (Å²) in [5, 5.41) is 0. The zero-order valence-electron chi connectivity index (χ0n) is 23.0. The van der Waals surface area contributed by atoms with Gasteiger partial charge in [-0.1, -0.05) is 6.07 Å². The molecule has 0 saturated carbocycles. The fourth-order valence-electron chi connectivity index (χ4n) is 4.52. The summed E-state index contributed by atoms with van der Waals surface area (Å²) >= 11 is 0. The Balaban J connectivity index is 1.94. The number of hydrogen-bond donors (Lipinski definition) is 0. The fraction of sp³-hybridized carbons (Fsp3) is 0.536. The summed E-state index contributed by atoms with van der Waals surface area (Å²) in [5.41, 5.74) is 3.09. The second kappa shape index (κ2) is 11.0. The molecule has 1 heterocycles. The summed E-state index contributed by atoms with van der Waals surface area (Å²) in [6, 6.07) is 5.21. The maximum atomic E-state index is 12.9. The van der Waals surface area contributed by atoms with E-state index < -0.39 is 17.2 Å². The van der Waals surface area contributed by atoms with E-state index >= 15 is 0 Å². The van der Waals surface area contributed by atoms with Crippen LogP contribution in [0.15, 0.2) is 24.5 Å². The second-order valence-electron chi connectivity index (χ2n) is 11.2. The number of methoxy groups -OCH3 is 1. The predicted molar refractivity (Wildman–Crippen MR) is 137 cm³/mol. The van der Waals surface area contributed by atoms with Crippen LogP contribution in [0.3, 0.4) is 0 Å². The monoisotopic (exact) mass is 511 g/mol. The van der Waals surface area contributed by atoms with Gasteiger partial charge >= 0.3 is 17.9 Å². The van der Waals surface area contributed by atoms with Crippen molar-refractivity contribution in [2.45, 2.75) is 85.1 Å². The van der Waals surface area contributed by atoms with Gasteiger partial charge in [-0.05, 0) is 90.1 Å². The Hall–Kier alpha value is -3.33. The third-order valence-electron chi connectivity index (χ3n) is 5.96. The third-order valence-corrected chi connectivity index (χ3v) is 5.96. The Kier molecular flexibility index (Phi) is 8.37. The number of esters is 3. The zero-order valence-corrected chi connectivity index (χ0v) is 23.0. The molecule has 0 N–H and O–H groups in total. The van der Waals surface area contributed by atoms with Gasteiger partial charge < -0.3 is 14.2 Å². The van der Waals surface area contributed by atoms with Crippen LogP contribution >= 0.6 is 0 Å². The molecule has 0 amide bonds. The van der Waals surface area contributed by atoms with Gasteiger partial charge in [0, 0.05) is 12.6 Å². The molecular weight excluding hydrogens is 474 g/mol. The number of hydrogen-bond acceptors (Lipinski definition) is 9. The molecule has 37 heavy (non-hydrogen) atoms. The Morgan fingerprint density at radius 1 is 1.00 bits per heavy atom. The number of rotatable bonds is 7. The van der Waals surface area contributed by atoms with Gasteiger partial charge in [0.25, 0.3) is 0 Å². The molecule has 0 fully saturated rings. The quantitative estimate of drug-likeness (QED) is 0.396. The summed E-state index contributed by atoms with van der Waals surface area (Å²) in [5.74, 6) is -1.26. The molecule has 200 valence electrons.